The highest BCUT2D eigenvalue weighted by Gasteiger charge is 2.09. The molecule has 20 heavy (non-hydrogen) atoms. The van der Waals surface area contributed by atoms with Crippen LogP contribution in [0.15, 0.2) is 30.3 Å². The first kappa shape index (κ1) is 16.2. The Labute approximate surface area is 121 Å². The summed E-state index contributed by atoms with van der Waals surface area (Å²) in [4.78, 5) is 10.9. The monoisotopic (exact) mass is 273 g/mol. The molecule has 0 bridgehead atoms. The Morgan fingerprint density at radius 2 is 1.90 bits per heavy atom. The van der Waals surface area contributed by atoms with Crippen LogP contribution in [0, 0.1) is 13.8 Å². The minimum Gasteiger partial charge on any atom is -0.385 e. The summed E-state index contributed by atoms with van der Waals surface area (Å²) in [5.41, 5.74) is 5.23. The van der Waals surface area contributed by atoms with E-state index in [1.165, 1.54) is 5.56 Å². The van der Waals surface area contributed by atoms with Gasteiger partial charge in [0.2, 0.25) is 0 Å². The molecule has 108 valence electrons. The molecule has 0 spiro atoms. The van der Waals surface area contributed by atoms with E-state index in [0.29, 0.717) is 0 Å². The number of carbonyl (C=O) groups excluding carboxylic acids is 1. The van der Waals surface area contributed by atoms with E-state index in [9.17, 15) is 4.79 Å². The average molecular weight is 273 g/mol. The largest absolute Gasteiger partial charge is 0.385 e. The van der Waals surface area contributed by atoms with E-state index in [-0.39, 0.29) is 0 Å². The van der Waals surface area contributed by atoms with E-state index >= 15 is 0 Å². The maximum atomic E-state index is 10.9. The molecule has 0 saturated carbocycles. The third-order valence-electron chi connectivity index (χ3n) is 3.30. The SMILES string of the molecule is CCOC.Cc1cccc(-c2cc(C=O)c(C)n2C)c1. The van der Waals surface area contributed by atoms with Gasteiger partial charge in [0, 0.05) is 37.7 Å². The van der Waals surface area contributed by atoms with E-state index < -0.39 is 0 Å². The Morgan fingerprint density at radius 1 is 1.25 bits per heavy atom. The Kier molecular flexibility index (Phi) is 6.19. The molecule has 0 saturated heterocycles. The lowest BCUT2D eigenvalue weighted by molar-refractivity contribution is 0.112. The highest BCUT2D eigenvalue weighted by atomic mass is 16.5. The van der Waals surface area contributed by atoms with Gasteiger partial charge in [-0.2, -0.15) is 0 Å². The predicted molar refractivity (Wildman–Crippen MR) is 83.3 cm³/mol. The molecule has 0 aliphatic rings. The minimum atomic E-state index is 0.763. The van der Waals surface area contributed by atoms with Crippen molar-refractivity contribution in [2.24, 2.45) is 7.05 Å². The Balaban J connectivity index is 0.000000444. The number of hydrogen-bond acceptors (Lipinski definition) is 2. The summed E-state index contributed by atoms with van der Waals surface area (Å²) < 4.78 is 6.60. The van der Waals surface area contributed by atoms with Gasteiger partial charge in [0.1, 0.15) is 0 Å². The second kappa shape index (κ2) is 7.65. The van der Waals surface area contributed by atoms with E-state index in [1.54, 1.807) is 7.11 Å². The summed E-state index contributed by atoms with van der Waals surface area (Å²) in [6.45, 7) is 6.81. The van der Waals surface area contributed by atoms with E-state index in [2.05, 4.69) is 34.4 Å². The number of aryl methyl sites for hydroxylation is 1. The van der Waals surface area contributed by atoms with E-state index in [0.717, 1.165) is 35.4 Å². The van der Waals surface area contributed by atoms with Gasteiger partial charge in [-0.1, -0.05) is 23.8 Å². The van der Waals surface area contributed by atoms with Gasteiger partial charge in [0.05, 0.1) is 0 Å². The zero-order chi connectivity index (χ0) is 15.1. The number of methoxy groups -OCH3 is 1. The maximum Gasteiger partial charge on any atom is 0.151 e. The molecule has 3 heteroatoms. The van der Waals surface area contributed by atoms with Gasteiger partial charge in [-0.05, 0) is 38.5 Å². The molecule has 2 aromatic rings. The fraction of sp³-hybridized carbons (Fsp3) is 0.353. The van der Waals surface area contributed by atoms with Crippen molar-refractivity contribution in [1.29, 1.82) is 0 Å². The van der Waals surface area contributed by atoms with Crippen LogP contribution < -0.4 is 0 Å². The highest BCUT2D eigenvalue weighted by Crippen LogP contribution is 2.24. The van der Waals surface area contributed by atoms with E-state index in [4.69, 9.17) is 0 Å². The zero-order valence-corrected chi connectivity index (χ0v) is 12.9. The quantitative estimate of drug-likeness (QED) is 0.797. The van der Waals surface area contributed by atoms with Crippen molar-refractivity contribution >= 4 is 6.29 Å². The number of ether oxygens (including phenoxy) is 1. The summed E-state index contributed by atoms with van der Waals surface area (Å²) >= 11 is 0. The van der Waals surface area contributed by atoms with Crippen LogP contribution in [0.1, 0.15) is 28.5 Å². The average Bonchev–Trinajstić information content (AvgIpc) is 2.75. The summed E-state index contributed by atoms with van der Waals surface area (Å²) in [7, 11) is 3.67. The fourth-order valence-electron chi connectivity index (χ4n) is 1.92. The predicted octanol–water partition coefficient (Wildman–Crippen LogP) is 3.77. The first-order valence-corrected chi connectivity index (χ1v) is 6.72. The zero-order valence-electron chi connectivity index (χ0n) is 12.9. The number of aldehydes is 1. The Hall–Kier alpha value is -1.87. The number of rotatable bonds is 3. The van der Waals surface area contributed by atoms with Crippen molar-refractivity contribution in [3.05, 3.63) is 47.2 Å². The van der Waals surface area contributed by atoms with Crippen molar-refractivity contribution in [3.8, 4) is 11.3 Å². The summed E-state index contributed by atoms with van der Waals surface area (Å²) in [6.07, 6.45) is 0.911. The maximum absolute atomic E-state index is 10.9. The van der Waals surface area contributed by atoms with Gasteiger partial charge in [0.15, 0.2) is 6.29 Å². The molecule has 2 rings (SSSR count). The van der Waals surface area contributed by atoms with Gasteiger partial charge in [-0.3, -0.25) is 4.79 Å². The normalized spacial score (nSPS) is 9.85. The van der Waals surface area contributed by atoms with Crippen molar-refractivity contribution in [1.82, 2.24) is 4.57 Å². The Morgan fingerprint density at radius 3 is 2.35 bits per heavy atom. The smallest absolute Gasteiger partial charge is 0.151 e. The van der Waals surface area contributed by atoms with Gasteiger partial charge >= 0.3 is 0 Å². The van der Waals surface area contributed by atoms with Gasteiger partial charge in [-0.25, -0.2) is 0 Å². The van der Waals surface area contributed by atoms with Gasteiger partial charge < -0.3 is 9.30 Å². The molecule has 0 unspecified atom stereocenters. The van der Waals surface area contributed by atoms with Crippen LogP contribution in [0.4, 0.5) is 0 Å². The molecule has 0 amide bonds. The molecule has 1 aromatic heterocycles. The number of nitrogens with zero attached hydrogens (tertiary/aromatic N) is 1. The third-order valence-corrected chi connectivity index (χ3v) is 3.30. The van der Waals surface area contributed by atoms with Gasteiger partial charge in [0.25, 0.3) is 0 Å². The summed E-state index contributed by atoms with van der Waals surface area (Å²) in [5, 5.41) is 0. The highest BCUT2D eigenvalue weighted by molar-refractivity contribution is 5.80. The molecule has 0 aliphatic heterocycles. The third kappa shape index (κ3) is 3.81. The first-order chi connectivity index (χ1) is 9.54. The number of aromatic nitrogens is 1. The lowest BCUT2D eigenvalue weighted by Gasteiger charge is -2.05. The molecule has 0 aliphatic carbocycles. The molecule has 0 fully saturated rings. The van der Waals surface area contributed by atoms with Crippen molar-refractivity contribution in [3.63, 3.8) is 0 Å². The molecule has 1 aromatic carbocycles. The lowest BCUT2D eigenvalue weighted by atomic mass is 10.1. The van der Waals surface area contributed by atoms with Crippen molar-refractivity contribution in [2.75, 3.05) is 13.7 Å². The fourth-order valence-corrected chi connectivity index (χ4v) is 1.92. The number of benzene rings is 1. The summed E-state index contributed by atoms with van der Waals surface area (Å²) in [5.74, 6) is 0. The number of carbonyl (C=O) groups is 1. The molecule has 0 atom stereocenters. The van der Waals surface area contributed by atoms with Crippen LogP contribution in [0.25, 0.3) is 11.3 Å². The first-order valence-electron chi connectivity index (χ1n) is 6.72. The van der Waals surface area contributed by atoms with Crippen molar-refractivity contribution in [2.45, 2.75) is 20.8 Å². The molecular formula is C17H23NO2. The molecule has 0 radical (unpaired) electrons. The summed E-state index contributed by atoms with van der Waals surface area (Å²) in [6, 6.07) is 10.2. The molecule has 0 N–H and O–H groups in total. The van der Waals surface area contributed by atoms with Crippen LogP contribution in [0.5, 0.6) is 0 Å². The second-order valence-corrected chi connectivity index (χ2v) is 4.69. The molecular weight excluding hydrogens is 250 g/mol. The molecule has 3 nitrogen and oxygen atoms in total. The topological polar surface area (TPSA) is 31.2 Å². The van der Waals surface area contributed by atoms with Crippen LogP contribution in [0.3, 0.4) is 0 Å². The van der Waals surface area contributed by atoms with Crippen LogP contribution in [0.2, 0.25) is 0 Å². The van der Waals surface area contributed by atoms with Crippen LogP contribution in [-0.2, 0) is 11.8 Å². The van der Waals surface area contributed by atoms with Crippen LogP contribution in [-0.4, -0.2) is 24.6 Å². The Bertz CT molecular complexity index is 568. The minimum absolute atomic E-state index is 0.763. The standard InChI is InChI=1S/C14H15NO.C3H8O/c1-10-5-4-6-12(7-10)14-8-13(9-16)11(2)15(14)3;1-3-4-2/h4-9H,1-3H3;3H2,1-2H3. The lowest BCUT2D eigenvalue weighted by Crippen LogP contribution is -1.94. The van der Waals surface area contributed by atoms with Crippen LogP contribution >= 0.6 is 0 Å². The van der Waals surface area contributed by atoms with Crippen molar-refractivity contribution < 1.29 is 9.53 Å². The molecule has 1 heterocycles. The van der Waals surface area contributed by atoms with Gasteiger partial charge in [-0.15, -0.1) is 0 Å². The second-order valence-electron chi connectivity index (χ2n) is 4.69. The number of hydrogen-bond donors (Lipinski definition) is 0. The van der Waals surface area contributed by atoms with E-state index in [1.807, 2.05) is 33.0 Å².